The van der Waals surface area contributed by atoms with Crippen LogP contribution in [-0.2, 0) is 12.0 Å². The lowest BCUT2D eigenvalue weighted by Crippen LogP contribution is -2.58. The minimum atomic E-state index is -0.229. The van der Waals surface area contributed by atoms with Crippen molar-refractivity contribution in [1.29, 1.82) is 0 Å². The van der Waals surface area contributed by atoms with Crippen LogP contribution in [0.3, 0.4) is 0 Å². The zero-order chi connectivity index (χ0) is 20.1. The molecular formula is C23H31ClN2O2. The van der Waals surface area contributed by atoms with Gasteiger partial charge in [-0.15, -0.1) is 0 Å². The molecule has 0 bridgehead atoms. The van der Waals surface area contributed by atoms with Crippen LogP contribution >= 0.6 is 11.6 Å². The third kappa shape index (κ3) is 4.00. The van der Waals surface area contributed by atoms with E-state index in [1.807, 2.05) is 18.2 Å². The Hall–Kier alpha value is -1.75. The fraction of sp³-hybridized carbons (Fsp3) is 0.478. The van der Waals surface area contributed by atoms with E-state index in [0.29, 0.717) is 0 Å². The van der Waals surface area contributed by atoms with Gasteiger partial charge in [-0.1, -0.05) is 48.7 Å². The van der Waals surface area contributed by atoms with E-state index in [1.165, 1.54) is 18.4 Å². The van der Waals surface area contributed by atoms with Crippen molar-refractivity contribution in [3.63, 3.8) is 0 Å². The number of benzene rings is 2. The minimum absolute atomic E-state index is 0.0663. The van der Waals surface area contributed by atoms with Crippen molar-refractivity contribution in [2.75, 3.05) is 27.8 Å². The Labute approximate surface area is 173 Å². The van der Waals surface area contributed by atoms with Gasteiger partial charge in [0.15, 0.2) is 11.5 Å². The van der Waals surface area contributed by atoms with Crippen LogP contribution in [-0.4, -0.2) is 38.8 Å². The highest BCUT2D eigenvalue weighted by molar-refractivity contribution is 6.31. The minimum Gasteiger partial charge on any atom is -0.493 e. The first kappa shape index (κ1) is 21.0. The van der Waals surface area contributed by atoms with Gasteiger partial charge in [0.2, 0.25) is 0 Å². The fourth-order valence-corrected chi connectivity index (χ4v) is 4.84. The van der Waals surface area contributed by atoms with E-state index in [1.54, 1.807) is 14.2 Å². The average molecular weight is 403 g/mol. The summed E-state index contributed by atoms with van der Waals surface area (Å²) < 4.78 is 10.8. The summed E-state index contributed by atoms with van der Waals surface area (Å²) in [6, 6.07) is 14.3. The van der Waals surface area contributed by atoms with E-state index >= 15 is 0 Å². The summed E-state index contributed by atoms with van der Waals surface area (Å²) in [6.07, 6.45) is 5.29. The van der Waals surface area contributed by atoms with Gasteiger partial charge in [-0.05, 0) is 55.6 Å². The molecule has 2 aromatic carbocycles. The number of hydrogen-bond donors (Lipinski definition) is 1. The van der Waals surface area contributed by atoms with Crippen LogP contribution < -0.4 is 15.2 Å². The highest BCUT2D eigenvalue weighted by Gasteiger charge is 2.44. The van der Waals surface area contributed by atoms with Crippen molar-refractivity contribution in [2.45, 2.75) is 43.7 Å². The molecule has 1 aliphatic rings. The Kier molecular flexibility index (Phi) is 6.86. The molecule has 4 nitrogen and oxygen atoms in total. The summed E-state index contributed by atoms with van der Waals surface area (Å²) in [5.41, 5.74) is 8.87. The number of rotatable bonds is 7. The van der Waals surface area contributed by atoms with Crippen molar-refractivity contribution in [2.24, 2.45) is 5.73 Å². The topological polar surface area (TPSA) is 47.7 Å². The van der Waals surface area contributed by atoms with Crippen LogP contribution in [0, 0.1) is 0 Å². The molecule has 3 rings (SSSR count). The van der Waals surface area contributed by atoms with Gasteiger partial charge in [0, 0.05) is 17.6 Å². The van der Waals surface area contributed by atoms with Gasteiger partial charge in [0.25, 0.3) is 0 Å². The maximum Gasteiger partial charge on any atom is 0.160 e. The van der Waals surface area contributed by atoms with E-state index in [4.69, 9.17) is 26.8 Å². The summed E-state index contributed by atoms with van der Waals surface area (Å²) in [5, 5.41) is 0.804. The lowest BCUT2D eigenvalue weighted by atomic mass is 9.72. The normalized spacial score (nSPS) is 22.3. The molecule has 28 heavy (non-hydrogen) atoms. The molecule has 5 heteroatoms. The van der Waals surface area contributed by atoms with Gasteiger partial charge < -0.3 is 15.2 Å². The van der Waals surface area contributed by atoms with Crippen molar-refractivity contribution >= 4 is 11.6 Å². The first-order chi connectivity index (χ1) is 13.5. The largest absolute Gasteiger partial charge is 0.493 e. The number of likely N-dealkylation sites (N-methyl/N-ethyl adjacent to an activating group) is 1. The summed E-state index contributed by atoms with van der Waals surface area (Å²) in [6.45, 7) is 0.883. The Morgan fingerprint density at radius 2 is 1.86 bits per heavy atom. The van der Waals surface area contributed by atoms with Gasteiger partial charge in [-0.25, -0.2) is 0 Å². The molecule has 0 amide bonds. The highest BCUT2D eigenvalue weighted by atomic mass is 35.5. The monoisotopic (exact) mass is 402 g/mol. The van der Waals surface area contributed by atoms with E-state index in [9.17, 15) is 0 Å². The average Bonchev–Trinajstić information content (AvgIpc) is 2.72. The van der Waals surface area contributed by atoms with E-state index in [-0.39, 0.29) is 11.6 Å². The van der Waals surface area contributed by atoms with Gasteiger partial charge in [-0.2, -0.15) is 0 Å². The highest BCUT2D eigenvalue weighted by Crippen LogP contribution is 2.43. The number of nitrogens with two attached hydrogens (primary N) is 1. The smallest absolute Gasteiger partial charge is 0.160 e. The lowest BCUT2D eigenvalue weighted by molar-refractivity contribution is 0.0527. The Morgan fingerprint density at radius 1 is 1.11 bits per heavy atom. The number of hydrogen-bond acceptors (Lipinski definition) is 4. The number of nitrogens with zero attached hydrogens (tertiary/aromatic N) is 1. The maximum atomic E-state index is 6.73. The van der Waals surface area contributed by atoms with E-state index in [0.717, 1.165) is 47.9 Å². The zero-order valence-corrected chi connectivity index (χ0v) is 17.8. The summed E-state index contributed by atoms with van der Waals surface area (Å²) >= 11 is 6.63. The van der Waals surface area contributed by atoms with Crippen molar-refractivity contribution in [1.82, 2.24) is 4.90 Å². The molecule has 0 radical (unpaired) electrons. The molecule has 152 valence electrons. The Morgan fingerprint density at radius 3 is 2.54 bits per heavy atom. The first-order valence-corrected chi connectivity index (χ1v) is 10.3. The molecule has 2 N–H and O–H groups in total. The second kappa shape index (κ2) is 9.17. The molecule has 0 heterocycles. The van der Waals surface area contributed by atoms with Crippen LogP contribution in [0.2, 0.25) is 5.02 Å². The van der Waals surface area contributed by atoms with Gasteiger partial charge in [-0.3, -0.25) is 4.90 Å². The summed E-state index contributed by atoms with van der Waals surface area (Å²) in [5.74, 6) is 1.51. The maximum absolute atomic E-state index is 6.73. The predicted molar refractivity (Wildman–Crippen MR) is 115 cm³/mol. The zero-order valence-electron chi connectivity index (χ0n) is 17.1. The molecule has 2 aromatic rings. The molecule has 0 spiro atoms. The Balaban J connectivity index is 1.85. The second-order valence-corrected chi connectivity index (χ2v) is 8.02. The molecule has 1 fully saturated rings. The van der Waals surface area contributed by atoms with Gasteiger partial charge in [0.05, 0.1) is 19.8 Å². The summed E-state index contributed by atoms with van der Waals surface area (Å²) in [7, 11) is 5.50. The molecule has 0 saturated heterocycles. The molecule has 2 atom stereocenters. The van der Waals surface area contributed by atoms with Crippen LogP contribution in [0.25, 0.3) is 0 Å². The van der Waals surface area contributed by atoms with Crippen molar-refractivity contribution in [3.8, 4) is 11.5 Å². The second-order valence-electron chi connectivity index (χ2n) is 7.62. The standard InChI is InChI=1S/C23H31ClN2O2/c1-26(15-13-17-11-12-20(27-2)21(16-17)28-3)23(14-7-6-10-22(23)25)18-8-4-5-9-19(18)24/h4-5,8-9,11-12,16,22H,6-7,10,13-15,25H2,1-3H3/t22-,23+/m1/s1. The molecule has 0 aromatic heterocycles. The molecule has 0 aliphatic heterocycles. The third-order valence-corrected chi connectivity index (χ3v) is 6.47. The molecule has 0 unspecified atom stereocenters. The molecular weight excluding hydrogens is 372 g/mol. The van der Waals surface area contributed by atoms with Crippen LogP contribution in [0.1, 0.15) is 36.8 Å². The number of halogens is 1. The van der Waals surface area contributed by atoms with Crippen molar-refractivity contribution in [3.05, 3.63) is 58.6 Å². The van der Waals surface area contributed by atoms with Crippen LogP contribution in [0.5, 0.6) is 11.5 Å². The van der Waals surface area contributed by atoms with Crippen LogP contribution in [0.4, 0.5) is 0 Å². The van der Waals surface area contributed by atoms with E-state index in [2.05, 4.69) is 36.2 Å². The van der Waals surface area contributed by atoms with Gasteiger partial charge >= 0.3 is 0 Å². The predicted octanol–water partition coefficient (Wildman–Crippen LogP) is 4.63. The fourth-order valence-electron chi connectivity index (χ4n) is 4.54. The molecule has 1 aliphatic carbocycles. The lowest BCUT2D eigenvalue weighted by Gasteiger charge is -2.49. The van der Waals surface area contributed by atoms with Gasteiger partial charge in [0.1, 0.15) is 0 Å². The van der Waals surface area contributed by atoms with E-state index < -0.39 is 0 Å². The first-order valence-electron chi connectivity index (χ1n) is 9.95. The van der Waals surface area contributed by atoms with Crippen molar-refractivity contribution < 1.29 is 9.47 Å². The number of methoxy groups -OCH3 is 2. The number of ether oxygens (including phenoxy) is 2. The van der Waals surface area contributed by atoms with Crippen LogP contribution in [0.15, 0.2) is 42.5 Å². The quantitative estimate of drug-likeness (QED) is 0.733. The third-order valence-electron chi connectivity index (χ3n) is 6.14. The summed E-state index contributed by atoms with van der Waals surface area (Å²) in [4.78, 5) is 2.41. The SMILES string of the molecule is COc1ccc(CCN(C)[C@]2(c3ccccc3Cl)CCCC[C@H]2N)cc1OC. The Bertz CT molecular complexity index is 798. The molecule has 1 saturated carbocycles.